The van der Waals surface area contributed by atoms with Gasteiger partial charge in [0.25, 0.3) is 10.0 Å². The fraction of sp³-hybridized carbons (Fsp3) is 0.200. The number of anilines is 1. The van der Waals surface area contributed by atoms with Gasteiger partial charge in [-0.1, -0.05) is 6.07 Å². The average molecular weight is 343 g/mol. The van der Waals surface area contributed by atoms with E-state index in [1.54, 1.807) is 6.92 Å². The summed E-state index contributed by atoms with van der Waals surface area (Å²) in [7, 11) is -4.30. The van der Waals surface area contributed by atoms with Gasteiger partial charge in [0, 0.05) is 11.3 Å². The summed E-state index contributed by atoms with van der Waals surface area (Å²) in [5, 5.41) is 9.30. The number of nitrogens with one attached hydrogen (secondary N) is 1. The first-order valence-corrected chi connectivity index (χ1v) is 8.20. The van der Waals surface area contributed by atoms with E-state index in [-0.39, 0.29) is 12.3 Å². The molecule has 2 aromatic carbocycles. The third kappa shape index (κ3) is 3.77. The number of hydrogen-bond donors (Lipinski definition) is 2. The van der Waals surface area contributed by atoms with Crippen LogP contribution in [-0.4, -0.2) is 20.1 Å². The Bertz CT molecular complexity index is 809. The Balaban J connectivity index is 2.36. The molecule has 0 aromatic heterocycles. The van der Waals surface area contributed by atoms with E-state index in [2.05, 4.69) is 4.72 Å². The summed E-state index contributed by atoms with van der Waals surface area (Å²) in [6.07, 6.45) is 0. The normalized spacial score (nSPS) is 11.3. The van der Waals surface area contributed by atoms with Gasteiger partial charge in [0.2, 0.25) is 0 Å². The molecule has 0 aliphatic carbocycles. The van der Waals surface area contributed by atoms with E-state index in [0.717, 1.165) is 18.2 Å². The Morgan fingerprint density at radius 2 is 1.96 bits per heavy atom. The van der Waals surface area contributed by atoms with Crippen LogP contribution < -0.4 is 9.46 Å². The molecule has 0 saturated carbocycles. The number of halogens is 2. The van der Waals surface area contributed by atoms with Gasteiger partial charge in [-0.2, -0.15) is 0 Å². The highest BCUT2D eigenvalue weighted by Crippen LogP contribution is 2.26. The first-order chi connectivity index (χ1) is 10.9. The minimum absolute atomic E-state index is 0.0983. The van der Waals surface area contributed by atoms with Crippen LogP contribution in [0, 0.1) is 11.6 Å². The molecule has 0 heterocycles. The van der Waals surface area contributed by atoms with Crippen molar-refractivity contribution < 1.29 is 27.0 Å². The van der Waals surface area contributed by atoms with Crippen molar-refractivity contribution >= 4 is 15.7 Å². The van der Waals surface area contributed by atoms with E-state index in [1.807, 2.05) is 0 Å². The largest absolute Gasteiger partial charge is 0.494 e. The standard InChI is InChI=1S/C15H15F2NO4S/c1-2-22-13-7-6-11(8-10(13)9-19)18-23(20,21)14-5-3-4-12(16)15(14)17/h3-8,18-19H,2,9H2,1H3. The van der Waals surface area contributed by atoms with Crippen molar-refractivity contribution in [1.29, 1.82) is 0 Å². The second-order valence-electron chi connectivity index (χ2n) is 4.57. The molecule has 2 rings (SSSR count). The second kappa shape index (κ2) is 6.93. The van der Waals surface area contributed by atoms with Crippen molar-refractivity contribution in [3.63, 3.8) is 0 Å². The van der Waals surface area contributed by atoms with Crippen LogP contribution in [0.3, 0.4) is 0 Å². The van der Waals surface area contributed by atoms with Gasteiger partial charge in [0.05, 0.1) is 13.2 Å². The molecule has 8 heteroatoms. The molecule has 0 fully saturated rings. The summed E-state index contributed by atoms with van der Waals surface area (Å²) in [5.41, 5.74) is 0.466. The quantitative estimate of drug-likeness (QED) is 0.845. The Labute approximate surface area is 132 Å². The molecular weight excluding hydrogens is 328 g/mol. The van der Waals surface area contributed by atoms with Crippen molar-refractivity contribution in [2.45, 2.75) is 18.4 Å². The summed E-state index contributed by atoms with van der Waals surface area (Å²) >= 11 is 0. The first-order valence-electron chi connectivity index (χ1n) is 6.72. The number of ether oxygens (including phenoxy) is 1. The zero-order chi connectivity index (χ0) is 17.0. The van der Waals surface area contributed by atoms with E-state index in [4.69, 9.17) is 4.74 Å². The Morgan fingerprint density at radius 1 is 1.22 bits per heavy atom. The highest BCUT2D eigenvalue weighted by molar-refractivity contribution is 7.92. The molecule has 2 aromatic rings. The topological polar surface area (TPSA) is 75.6 Å². The maximum Gasteiger partial charge on any atom is 0.264 e. The van der Waals surface area contributed by atoms with E-state index in [9.17, 15) is 22.3 Å². The Morgan fingerprint density at radius 3 is 2.61 bits per heavy atom. The lowest BCUT2D eigenvalue weighted by atomic mass is 10.2. The van der Waals surface area contributed by atoms with Crippen LogP contribution in [0.25, 0.3) is 0 Å². The zero-order valence-electron chi connectivity index (χ0n) is 12.2. The van der Waals surface area contributed by atoms with Gasteiger partial charge in [-0.25, -0.2) is 17.2 Å². The molecule has 0 aliphatic heterocycles. The van der Waals surface area contributed by atoms with Gasteiger partial charge in [0.15, 0.2) is 11.6 Å². The summed E-state index contributed by atoms with van der Waals surface area (Å²) in [5.74, 6) is -2.29. The van der Waals surface area contributed by atoms with Gasteiger partial charge in [-0.3, -0.25) is 4.72 Å². The number of hydrogen-bond acceptors (Lipinski definition) is 4. The molecule has 0 spiro atoms. The van der Waals surface area contributed by atoms with Crippen molar-refractivity contribution in [2.75, 3.05) is 11.3 Å². The maximum atomic E-state index is 13.7. The molecule has 5 nitrogen and oxygen atoms in total. The summed E-state index contributed by atoms with van der Waals surface area (Å²) in [6.45, 7) is 1.79. The third-order valence-corrected chi connectivity index (χ3v) is 4.39. The van der Waals surface area contributed by atoms with Gasteiger partial charge in [0.1, 0.15) is 10.6 Å². The van der Waals surface area contributed by atoms with E-state index in [0.29, 0.717) is 17.9 Å². The number of aliphatic hydroxyl groups is 1. The number of sulfonamides is 1. The smallest absolute Gasteiger partial charge is 0.264 e. The van der Waals surface area contributed by atoms with Crippen LogP contribution in [-0.2, 0) is 16.6 Å². The molecule has 0 unspecified atom stereocenters. The van der Waals surface area contributed by atoms with Gasteiger partial charge in [-0.05, 0) is 37.3 Å². The van der Waals surface area contributed by atoms with Crippen LogP contribution in [0.1, 0.15) is 12.5 Å². The van der Waals surface area contributed by atoms with Crippen molar-refractivity contribution in [3.05, 3.63) is 53.6 Å². The van der Waals surface area contributed by atoms with E-state index >= 15 is 0 Å². The first kappa shape index (κ1) is 17.2. The molecular formula is C15H15F2NO4S. The van der Waals surface area contributed by atoms with Crippen LogP contribution in [0.2, 0.25) is 0 Å². The maximum absolute atomic E-state index is 13.7. The van der Waals surface area contributed by atoms with Crippen LogP contribution in [0.4, 0.5) is 14.5 Å². The zero-order valence-corrected chi connectivity index (χ0v) is 13.0. The second-order valence-corrected chi connectivity index (χ2v) is 6.22. The van der Waals surface area contributed by atoms with Gasteiger partial charge >= 0.3 is 0 Å². The molecule has 0 amide bonds. The molecule has 2 N–H and O–H groups in total. The minimum Gasteiger partial charge on any atom is -0.494 e. The Kier molecular flexibility index (Phi) is 5.17. The predicted molar refractivity (Wildman–Crippen MR) is 80.7 cm³/mol. The fourth-order valence-corrected chi connectivity index (χ4v) is 3.10. The van der Waals surface area contributed by atoms with Crippen molar-refractivity contribution in [2.24, 2.45) is 0 Å². The van der Waals surface area contributed by atoms with Crippen molar-refractivity contribution in [1.82, 2.24) is 0 Å². The highest BCUT2D eigenvalue weighted by atomic mass is 32.2. The van der Waals surface area contributed by atoms with Crippen molar-refractivity contribution in [3.8, 4) is 5.75 Å². The summed E-state index contributed by atoms with van der Waals surface area (Å²) in [6, 6.07) is 7.13. The minimum atomic E-state index is -4.30. The van der Waals surface area contributed by atoms with Crippen LogP contribution in [0.5, 0.6) is 5.75 Å². The lowest BCUT2D eigenvalue weighted by molar-refractivity contribution is 0.267. The van der Waals surface area contributed by atoms with E-state index in [1.165, 1.54) is 18.2 Å². The van der Waals surface area contributed by atoms with Gasteiger partial charge < -0.3 is 9.84 Å². The number of benzene rings is 2. The number of rotatable bonds is 6. The number of aliphatic hydroxyl groups excluding tert-OH is 1. The average Bonchev–Trinajstić information content (AvgIpc) is 2.51. The van der Waals surface area contributed by atoms with Crippen LogP contribution >= 0.6 is 0 Å². The molecule has 0 bridgehead atoms. The molecule has 0 aliphatic rings. The molecule has 0 atom stereocenters. The molecule has 23 heavy (non-hydrogen) atoms. The molecule has 124 valence electrons. The summed E-state index contributed by atoms with van der Waals surface area (Å²) in [4.78, 5) is -0.795. The lowest BCUT2D eigenvalue weighted by Crippen LogP contribution is -2.15. The van der Waals surface area contributed by atoms with E-state index < -0.39 is 26.6 Å². The molecule has 0 radical (unpaired) electrons. The Hall–Kier alpha value is -2.19. The monoisotopic (exact) mass is 343 g/mol. The third-order valence-electron chi connectivity index (χ3n) is 2.99. The van der Waals surface area contributed by atoms with Gasteiger partial charge in [-0.15, -0.1) is 0 Å². The molecule has 0 saturated heterocycles. The highest BCUT2D eigenvalue weighted by Gasteiger charge is 2.22. The lowest BCUT2D eigenvalue weighted by Gasteiger charge is -2.13. The van der Waals surface area contributed by atoms with Crippen LogP contribution in [0.15, 0.2) is 41.3 Å². The summed E-state index contributed by atoms with van der Waals surface area (Å²) < 4.78 is 58.6. The fourth-order valence-electron chi connectivity index (χ4n) is 1.96. The predicted octanol–water partition coefficient (Wildman–Crippen LogP) is 2.66. The SMILES string of the molecule is CCOc1ccc(NS(=O)(=O)c2cccc(F)c2F)cc1CO.